The Morgan fingerprint density at radius 2 is 2.00 bits per heavy atom. The molecule has 1 aromatic heterocycles. The van der Waals surface area contributed by atoms with Crippen LogP contribution in [-0.2, 0) is 11.3 Å². The molecule has 1 saturated heterocycles. The van der Waals surface area contributed by atoms with Crippen molar-refractivity contribution in [2.24, 2.45) is 5.92 Å². The number of nitrogens with one attached hydrogen (secondary N) is 1. The van der Waals surface area contributed by atoms with Crippen molar-refractivity contribution in [2.45, 2.75) is 19.4 Å². The van der Waals surface area contributed by atoms with Gasteiger partial charge in [-0.1, -0.05) is 39.3 Å². The lowest BCUT2D eigenvalue weighted by atomic mass is 9.96. The number of nitro benzene ring substituents is 1. The molecule has 1 aliphatic rings. The number of halogens is 1. The predicted octanol–water partition coefficient (Wildman–Crippen LogP) is 4.26. The Labute approximate surface area is 186 Å². The number of hydrogen-bond donors (Lipinski definition) is 1. The van der Waals surface area contributed by atoms with Crippen molar-refractivity contribution in [1.82, 2.24) is 15.0 Å². The molecule has 0 aliphatic carbocycles. The van der Waals surface area contributed by atoms with E-state index in [1.165, 1.54) is 12.1 Å². The number of nitro groups is 1. The van der Waals surface area contributed by atoms with Gasteiger partial charge in [0.2, 0.25) is 17.6 Å². The van der Waals surface area contributed by atoms with Crippen molar-refractivity contribution in [2.75, 3.05) is 18.4 Å². The summed E-state index contributed by atoms with van der Waals surface area (Å²) in [4.78, 5) is 29.6. The molecular formula is C21H20BrN5O4. The van der Waals surface area contributed by atoms with E-state index in [0.717, 1.165) is 23.1 Å². The molecule has 3 aromatic rings. The van der Waals surface area contributed by atoms with E-state index in [9.17, 15) is 14.9 Å². The van der Waals surface area contributed by atoms with Crippen LogP contribution in [0.3, 0.4) is 0 Å². The Morgan fingerprint density at radius 1 is 1.23 bits per heavy atom. The fourth-order valence-corrected chi connectivity index (χ4v) is 3.95. The summed E-state index contributed by atoms with van der Waals surface area (Å²) in [7, 11) is 0. The van der Waals surface area contributed by atoms with Crippen molar-refractivity contribution in [3.05, 3.63) is 69.0 Å². The maximum atomic E-state index is 12.6. The van der Waals surface area contributed by atoms with Gasteiger partial charge in [0.1, 0.15) is 0 Å². The van der Waals surface area contributed by atoms with Crippen molar-refractivity contribution >= 4 is 33.2 Å². The van der Waals surface area contributed by atoms with Gasteiger partial charge in [-0.05, 0) is 44.1 Å². The molecular weight excluding hydrogens is 466 g/mol. The zero-order valence-electron chi connectivity index (χ0n) is 16.5. The minimum Gasteiger partial charge on any atom is -0.338 e. The second kappa shape index (κ2) is 9.36. The fourth-order valence-electron chi connectivity index (χ4n) is 3.55. The molecule has 0 unspecified atom stereocenters. The number of non-ortho nitro benzene ring substituents is 1. The number of aromatic nitrogens is 2. The minimum atomic E-state index is -0.478. The summed E-state index contributed by atoms with van der Waals surface area (Å²) in [5.41, 5.74) is 1.27. The third kappa shape index (κ3) is 5.33. The molecule has 160 valence electrons. The molecule has 0 bridgehead atoms. The van der Waals surface area contributed by atoms with Crippen LogP contribution in [0, 0.1) is 16.0 Å². The SMILES string of the molecule is O=C(Nc1cccc([N+](=O)[O-])c1)C1CCN(Cc2nc(-c3cccc(Br)c3)no2)CC1. The van der Waals surface area contributed by atoms with Crippen molar-refractivity contribution in [3.8, 4) is 11.4 Å². The number of nitrogens with zero attached hydrogens (tertiary/aromatic N) is 4. The van der Waals surface area contributed by atoms with Gasteiger partial charge in [-0.3, -0.25) is 19.8 Å². The highest BCUT2D eigenvalue weighted by Crippen LogP contribution is 2.24. The Balaban J connectivity index is 1.29. The van der Waals surface area contributed by atoms with Crippen LogP contribution in [0.5, 0.6) is 0 Å². The molecule has 9 nitrogen and oxygen atoms in total. The van der Waals surface area contributed by atoms with E-state index < -0.39 is 4.92 Å². The highest BCUT2D eigenvalue weighted by Gasteiger charge is 2.26. The number of hydrogen-bond acceptors (Lipinski definition) is 7. The lowest BCUT2D eigenvalue weighted by Gasteiger charge is -2.30. The van der Waals surface area contributed by atoms with E-state index in [2.05, 4.69) is 36.3 Å². The van der Waals surface area contributed by atoms with E-state index in [-0.39, 0.29) is 17.5 Å². The van der Waals surface area contributed by atoms with Crippen LogP contribution in [0.1, 0.15) is 18.7 Å². The summed E-state index contributed by atoms with van der Waals surface area (Å²) in [6.07, 6.45) is 1.38. The molecule has 1 aliphatic heterocycles. The van der Waals surface area contributed by atoms with Crippen molar-refractivity contribution in [1.29, 1.82) is 0 Å². The summed E-state index contributed by atoms with van der Waals surface area (Å²) in [5, 5.41) is 17.7. The first-order chi connectivity index (χ1) is 15.0. The van der Waals surface area contributed by atoms with Crippen molar-refractivity contribution in [3.63, 3.8) is 0 Å². The van der Waals surface area contributed by atoms with Gasteiger partial charge in [0.25, 0.3) is 5.69 Å². The first-order valence-electron chi connectivity index (χ1n) is 9.84. The van der Waals surface area contributed by atoms with Crippen LogP contribution in [0.15, 0.2) is 57.5 Å². The quantitative estimate of drug-likeness (QED) is 0.409. The first-order valence-corrected chi connectivity index (χ1v) is 10.6. The summed E-state index contributed by atoms with van der Waals surface area (Å²) in [5.74, 6) is 0.822. The predicted molar refractivity (Wildman–Crippen MR) is 117 cm³/mol. The zero-order valence-corrected chi connectivity index (χ0v) is 18.1. The third-order valence-electron chi connectivity index (χ3n) is 5.19. The number of carbonyl (C=O) groups excluding carboxylic acids is 1. The average Bonchev–Trinajstić information content (AvgIpc) is 3.23. The minimum absolute atomic E-state index is 0.0468. The van der Waals surface area contributed by atoms with Gasteiger partial charge in [0, 0.05) is 33.8 Å². The second-order valence-corrected chi connectivity index (χ2v) is 8.28. The molecule has 4 rings (SSSR count). The van der Waals surface area contributed by atoms with Gasteiger partial charge in [-0.2, -0.15) is 4.98 Å². The number of piperidine rings is 1. The molecule has 1 fully saturated rings. The lowest BCUT2D eigenvalue weighted by molar-refractivity contribution is -0.384. The highest BCUT2D eigenvalue weighted by molar-refractivity contribution is 9.10. The monoisotopic (exact) mass is 485 g/mol. The van der Waals surface area contributed by atoms with E-state index in [4.69, 9.17) is 4.52 Å². The van der Waals surface area contributed by atoms with Crippen LogP contribution in [-0.4, -0.2) is 39.0 Å². The molecule has 1 N–H and O–H groups in total. The molecule has 10 heteroatoms. The second-order valence-electron chi connectivity index (χ2n) is 7.37. The van der Waals surface area contributed by atoms with Crippen LogP contribution in [0.2, 0.25) is 0 Å². The average molecular weight is 486 g/mol. The molecule has 0 radical (unpaired) electrons. The van der Waals surface area contributed by atoms with Gasteiger partial charge >= 0.3 is 0 Å². The van der Waals surface area contributed by atoms with E-state index in [1.54, 1.807) is 12.1 Å². The number of rotatable bonds is 6. The Bertz CT molecular complexity index is 1090. The number of amides is 1. The molecule has 0 spiro atoms. The first kappa shape index (κ1) is 21.1. The topological polar surface area (TPSA) is 114 Å². The molecule has 2 aromatic carbocycles. The number of likely N-dealkylation sites (tertiary alicyclic amines) is 1. The Kier molecular flexibility index (Phi) is 6.38. The smallest absolute Gasteiger partial charge is 0.271 e. The van der Waals surface area contributed by atoms with Crippen LogP contribution in [0.25, 0.3) is 11.4 Å². The normalized spacial score (nSPS) is 15.0. The Morgan fingerprint density at radius 3 is 2.74 bits per heavy atom. The van der Waals surface area contributed by atoms with Gasteiger partial charge in [-0.15, -0.1) is 0 Å². The molecule has 31 heavy (non-hydrogen) atoms. The van der Waals surface area contributed by atoms with E-state index in [0.29, 0.717) is 36.8 Å². The van der Waals surface area contributed by atoms with Gasteiger partial charge in [-0.25, -0.2) is 0 Å². The fraction of sp³-hybridized carbons (Fsp3) is 0.286. The molecule has 1 amide bonds. The number of benzene rings is 2. The van der Waals surface area contributed by atoms with Gasteiger partial charge in [0.05, 0.1) is 11.5 Å². The van der Waals surface area contributed by atoms with E-state index >= 15 is 0 Å². The standard InChI is InChI=1S/C21H20BrN5O4/c22-16-4-1-3-15(11-16)20-24-19(31-25-20)13-26-9-7-14(8-10-26)21(28)23-17-5-2-6-18(12-17)27(29)30/h1-6,11-12,14H,7-10,13H2,(H,23,28). The molecule has 0 atom stereocenters. The van der Waals surface area contributed by atoms with Crippen LogP contribution in [0.4, 0.5) is 11.4 Å². The third-order valence-corrected chi connectivity index (χ3v) is 5.69. The van der Waals surface area contributed by atoms with Gasteiger partial charge in [0.15, 0.2) is 0 Å². The maximum Gasteiger partial charge on any atom is 0.271 e. The summed E-state index contributed by atoms with van der Waals surface area (Å²) >= 11 is 3.44. The highest BCUT2D eigenvalue weighted by atomic mass is 79.9. The lowest BCUT2D eigenvalue weighted by Crippen LogP contribution is -2.37. The summed E-state index contributed by atoms with van der Waals surface area (Å²) < 4.78 is 6.34. The summed E-state index contributed by atoms with van der Waals surface area (Å²) in [6.45, 7) is 1.98. The summed E-state index contributed by atoms with van der Waals surface area (Å²) in [6, 6.07) is 13.7. The van der Waals surface area contributed by atoms with Crippen molar-refractivity contribution < 1.29 is 14.2 Å². The zero-order chi connectivity index (χ0) is 21.8. The maximum absolute atomic E-state index is 12.6. The Hall–Kier alpha value is -3.11. The van der Waals surface area contributed by atoms with Gasteiger partial charge < -0.3 is 9.84 Å². The number of anilines is 1. The van der Waals surface area contributed by atoms with E-state index in [1.807, 2.05) is 24.3 Å². The molecule has 0 saturated carbocycles. The number of carbonyl (C=O) groups is 1. The largest absolute Gasteiger partial charge is 0.338 e. The van der Waals surface area contributed by atoms with Crippen LogP contribution >= 0.6 is 15.9 Å². The molecule has 2 heterocycles. The van der Waals surface area contributed by atoms with Crippen LogP contribution < -0.4 is 5.32 Å².